The Labute approximate surface area is 252 Å². The van der Waals surface area contributed by atoms with E-state index in [1.807, 2.05) is 54.6 Å². The first-order valence-electron chi connectivity index (χ1n) is 15.9. The molecule has 0 aliphatic carbocycles. The third-order valence-electron chi connectivity index (χ3n) is 8.58. The molecule has 9 rings (SSSR count). The van der Waals surface area contributed by atoms with Gasteiger partial charge in [0.2, 0.25) is 0 Å². The molecule has 0 unspecified atom stereocenters. The van der Waals surface area contributed by atoms with E-state index in [0.29, 0.717) is 5.52 Å². The molecule has 2 aromatic heterocycles. The number of aromatic nitrogens is 2. The molecule has 0 radical (unpaired) electrons. The van der Waals surface area contributed by atoms with Gasteiger partial charge >= 0.3 is 0 Å². The molecule has 0 N–H and O–H groups in total. The molecule has 202 valence electrons. The van der Waals surface area contributed by atoms with Crippen molar-refractivity contribution in [2.45, 2.75) is 6.85 Å². The third-order valence-corrected chi connectivity index (χ3v) is 8.58. The summed E-state index contributed by atoms with van der Waals surface area (Å²) in [5.41, 5.74) is 8.43. The summed E-state index contributed by atoms with van der Waals surface area (Å²) < 4.78 is 32.6. The van der Waals surface area contributed by atoms with Crippen molar-refractivity contribution in [1.29, 1.82) is 0 Å². The molecule has 43 heavy (non-hydrogen) atoms. The second-order valence-electron chi connectivity index (χ2n) is 10.9. The Hall–Kier alpha value is -5.67. The Balaban J connectivity index is 1.30. The van der Waals surface area contributed by atoms with E-state index in [4.69, 9.17) is 8.53 Å². The maximum atomic E-state index is 8.17. The SMILES string of the molecule is [2H]C([2H])([2H])c1nc2ccccc2n1-c1ccc(-c2c3ccccc3c(-c3cccc4oc5ccccc5c34)c3ccccc23)cc1. The van der Waals surface area contributed by atoms with Gasteiger partial charge in [0.05, 0.1) is 11.0 Å². The molecule has 0 fully saturated rings. The highest BCUT2D eigenvalue weighted by molar-refractivity contribution is 6.25. The summed E-state index contributed by atoms with van der Waals surface area (Å²) in [5, 5.41) is 6.81. The monoisotopic (exact) mass is 553 g/mol. The van der Waals surface area contributed by atoms with Gasteiger partial charge in [-0.2, -0.15) is 0 Å². The van der Waals surface area contributed by atoms with E-state index in [0.717, 1.165) is 71.4 Å². The minimum atomic E-state index is -2.36. The van der Waals surface area contributed by atoms with Gasteiger partial charge in [-0.3, -0.25) is 4.57 Å². The van der Waals surface area contributed by atoms with Crippen molar-refractivity contribution in [3.63, 3.8) is 0 Å². The number of rotatable bonds is 3. The summed E-state index contributed by atoms with van der Waals surface area (Å²) in [6.45, 7) is -2.36. The van der Waals surface area contributed by atoms with Gasteiger partial charge in [-0.1, -0.05) is 103 Å². The Bertz CT molecular complexity index is 2570. The molecule has 0 bridgehead atoms. The van der Waals surface area contributed by atoms with Gasteiger partial charge in [0.25, 0.3) is 0 Å². The number of hydrogen-bond acceptors (Lipinski definition) is 2. The number of para-hydroxylation sites is 3. The standard InChI is InChI=1S/C40H26N2O/c1-25-41-34-17-7-8-18-35(34)42(25)27-23-21-26(22-24-27)38-28-11-2-4-13-30(28)39(31-14-5-3-12-29(31)38)33-16-10-20-37-40(33)32-15-6-9-19-36(32)43-37/h2-24H,1H3/i1D3. The zero-order valence-electron chi connectivity index (χ0n) is 26.1. The molecular weight excluding hydrogens is 524 g/mol. The summed E-state index contributed by atoms with van der Waals surface area (Å²) in [7, 11) is 0. The number of hydrogen-bond donors (Lipinski definition) is 0. The average Bonchev–Trinajstić information content (AvgIpc) is 3.67. The van der Waals surface area contributed by atoms with Gasteiger partial charge < -0.3 is 4.42 Å². The number of aryl methyl sites for hydroxylation is 1. The Morgan fingerprint density at radius 2 is 1.16 bits per heavy atom. The molecule has 0 aliphatic rings. The summed E-state index contributed by atoms with van der Waals surface area (Å²) in [5.74, 6) is 0.0580. The lowest BCUT2D eigenvalue weighted by molar-refractivity contribution is 0.669. The van der Waals surface area contributed by atoms with E-state index in [9.17, 15) is 0 Å². The first kappa shape index (κ1) is 21.1. The second-order valence-corrected chi connectivity index (χ2v) is 10.9. The van der Waals surface area contributed by atoms with Crippen LogP contribution in [0.2, 0.25) is 0 Å². The molecule has 3 nitrogen and oxygen atoms in total. The van der Waals surface area contributed by atoms with Crippen molar-refractivity contribution in [2.24, 2.45) is 0 Å². The van der Waals surface area contributed by atoms with Crippen molar-refractivity contribution in [2.75, 3.05) is 0 Å². The number of nitrogens with zero attached hydrogens (tertiary/aromatic N) is 2. The minimum Gasteiger partial charge on any atom is -0.456 e. The molecule has 0 amide bonds. The van der Waals surface area contributed by atoms with Crippen LogP contribution in [0.5, 0.6) is 0 Å². The molecule has 9 aromatic rings. The first-order chi connectivity index (χ1) is 22.5. The Morgan fingerprint density at radius 3 is 1.88 bits per heavy atom. The Morgan fingerprint density at radius 1 is 0.558 bits per heavy atom. The van der Waals surface area contributed by atoms with Crippen molar-refractivity contribution in [3.05, 3.63) is 145 Å². The average molecular weight is 554 g/mol. The number of furan rings is 1. The van der Waals surface area contributed by atoms with Crippen LogP contribution in [0.25, 0.3) is 82.5 Å². The largest absolute Gasteiger partial charge is 0.456 e. The molecule has 0 saturated carbocycles. The topological polar surface area (TPSA) is 31.0 Å². The summed E-state index contributed by atoms with van der Waals surface area (Å²) in [4.78, 5) is 4.49. The quantitative estimate of drug-likeness (QED) is 0.204. The highest BCUT2D eigenvalue weighted by Crippen LogP contribution is 2.46. The number of benzene rings is 7. The van der Waals surface area contributed by atoms with Crippen LogP contribution >= 0.6 is 0 Å². The van der Waals surface area contributed by atoms with Crippen LogP contribution in [0.4, 0.5) is 0 Å². The van der Waals surface area contributed by atoms with Gasteiger partial charge in [-0.25, -0.2) is 4.98 Å². The van der Waals surface area contributed by atoms with Gasteiger partial charge in [-0.05, 0) is 87.0 Å². The predicted octanol–water partition coefficient (Wildman–Crippen LogP) is 10.9. The van der Waals surface area contributed by atoms with Gasteiger partial charge in [0.1, 0.15) is 17.0 Å². The lowest BCUT2D eigenvalue weighted by atomic mass is 9.85. The van der Waals surface area contributed by atoms with E-state index in [1.54, 1.807) is 4.57 Å². The van der Waals surface area contributed by atoms with Crippen LogP contribution in [0.15, 0.2) is 144 Å². The van der Waals surface area contributed by atoms with Crippen molar-refractivity contribution >= 4 is 54.5 Å². The normalized spacial score (nSPS) is 13.2. The summed E-state index contributed by atoms with van der Waals surface area (Å²) in [6.07, 6.45) is 0. The number of imidazole rings is 1. The van der Waals surface area contributed by atoms with Gasteiger partial charge in [0.15, 0.2) is 0 Å². The Kier molecular flexibility index (Phi) is 4.50. The highest BCUT2D eigenvalue weighted by atomic mass is 16.3. The van der Waals surface area contributed by atoms with E-state index in [-0.39, 0.29) is 5.82 Å². The third kappa shape index (κ3) is 3.52. The fourth-order valence-corrected chi connectivity index (χ4v) is 6.78. The molecular formula is C40H26N2O. The second kappa shape index (κ2) is 9.17. The van der Waals surface area contributed by atoms with Crippen LogP contribution in [0.3, 0.4) is 0 Å². The maximum Gasteiger partial charge on any atom is 0.136 e. The maximum absolute atomic E-state index is 8.17. The van der Waals surface area contributed by atoms with E-state index < -0.39 is 6.85 Å². The zero-order valence-corrected chi connectivity index (χ0v) is 23.1. The molecule has 7 aromatic carbocycles. The van der Waals surface area contributed by atoms with E-state index in [2.05, 4.69) is 89.9 Å². The number of fused-ring (bicyclic) bond motifs is 6. The molecule has 0 aliphatic heterocycles. The summed E-state index contributed by atoms with van der Waals surface area (Å²) >= 11 is 0. The summed E-state index contributed by atoms with van der Waals surface area (Å²) in [6, 6.07) is 47.4. The molecule has 2 heterocycles. The van der Waals surface area contributed by atoms with Crippen molar-refractivity contribution in [3.8, 4) is 27.9 Å². The van der Waals surface area contributed by atoms with Crippen LogP contribution < -0.4 is 0 Å². The zero-order chi connectivity index (χ0) is 31.0. The molecule has 0 atom stereocenters. The van der Waals surface area contributed by atoms with Crippen molar-refractivity contribution in [1.82, 2.24) is 9.55 Å². The van der Waals surface area contributed by atoms with Crippen LogP contribution in [-0.4, -0.2) is 9.55 Å². The van der Waals surface area contributed by atoms with Crippen molar-refractivity contribution < 1.29 is 8.53 Å². The highest BCUT2D eigenvalue weighted by Gasteiger charge is 2.20. The van der Waals surface area contributed by atoms with Gasteiger partial charge in [0, 0.05) is 20.6 Å². The van der Waals surface area contributed by atoms with E-state index in [1.165, 1.54) is 5.56 Å². The predicted molar refractivity (Wildman–Crippen MR) is 179 cm³/mol. The molecule has 3 heteroatoms. The fraction of sp³-hybridized carbons (Fsp3) is 0.0250. The first-order valence-corrected chi connectivity index (χ1v) is 14.4. The lowest BCUT2D eigenvalue weighted by Crippen LogP contribution is -1.97. The fourth-order valence-electron chi connectivity index (χ4n) is 6.78. The molecule has 0 spiro atoms. The molecule has 0 saturated heterocycles. The smallest absolute Gasteiger partial charge is 0.136 e. The van der Waals surface area contributed by atoms with Crippen LogP contribution in [0, 0.1) is 6.85 Å². The van der Waals surface area contributed by atoms with E-state index >= 15 is 0 Å². The van der Waals surface area contributed by atoms with Crippen LogP contribution in [0.1, 0.15) is 9.94 Å². The van der Waals surface area contributed by atoms with Gasteiger partial charge in [-0.15, -0.1) is 0 Å². The minimum absolute atomic E-state index is 0.0580. The van der Waals surface area contributed by atoms with Crippen LogP contribution in [-0.2, 0) is 0 Å². The lowest BCUT2D eigenvalue weighted by Gasteiger charge is -2.18.